The number of hydrogen-bond acceptors (Lipinski definition) is 7. The van der Waals surface area contributed by atoms with E-state index in [-0.39, 0.29) is 19.2 Å². The van der Waals surface area contributed by atoms with Gasteiger partial charge in [-0.15, -0.1) is 0 Å². The largest absolute Gasteiger partial charge is 0.494 e. The van der Waals surface area contributed by atoms with E-state index in [9.17, 15) is 4.79 Å². The standard InChI is InChI=1S/C24H35BO7/c1-17(16-28-7)21(25-31-23(3,4)24(5,6)32-25)12-13-22(30-18(2)27)19-8-10-20(11-9-19)29-15-14-26/h8-12,22,26H,1,13-16H2,2-7H3/b21-12-/t22-/m1/s1. The van der Waals surface area contributed by atoms with E-state index in [0.717, 1.165) is 16.6 Å². The molecule has 1 aromatic carbocycles. The molecular formula is C24H35BO7. The highest BCUT2D eigenvalue weighted by Crippen LogP contribution is 2.40. The molecule has 0 saturated carbocycles. The molecule has 1 N–H and O–H groups in total. The maximum atomic E-state index is 11.8. The number of carbonyl (C=O) groups excluding carboxylic acids is 1. The molecule has 0 radical (unpaired) electrons. The molecule has 0 amide bonds. The van der Waals surface area contributed by atoms with E-state index in [4.69, 9.17) is 28.6 Å². The zero-order chi connectivity index (χ0) is 23.9. The van der Waals surface area contributed by atoms with Crippen LogP contribution >= 0.6 is 0 Å². The minimum absolute atomic E-state index is 0.0598. The van der Waals surface area contributed by atoms with Crippen LogP contribution in [0.2, 0.25) is 0 Å². The van der Waals surface area contributed by atoms with E-state index >= 15 is 0 Å². The van der Waals surface area contributed by atoms with Crippen molar-refractivity contribution in [2.45, 2.75) is 58.3 Å². The van der Waals surface area contributed by atoms with E-state index in [2.05, 4.69) is 6.58 Å². The molecular weight excluding hydrogens is 411 g/mol. The van der Waals surface area contributed by atoms with Crippen molar-refractivity contribution in [2.24, 2.45) is 0 Å². The van der Waals surface area contributed by atoms with E-state index in [1.54, 1.807) is 19.2 Å². The SMILES string of the molecule is C=C(COC)/C(=C/C[C@@H](OC(C)=O)c1ccc(OCCO)cc1)B1OC(C)(C)C(C)(C)O1. The van der Waals surface area contributed by atoms with Crippen molar-refractivity contribution in [3.8, 4) is 5.75 Å². The normalized spacial score (nSPS) is 18.3. The van der Waals surface area contributed by atoms with E-state index in [1.807, 2.05) is 45.9 Å². The average molecular weight is 446 g/mol. The molecule has 0 aliphatic carbocycles. The number of carbonyl (C=O) groups is 1. The lowest BCUT2D eigenvalue weighted by molar-refractivity contribution is -0.146. The molecule has 0 spiro atoms. The molecule has 0 bridgehead atoms. The summed E-state index contributed by atoms with van der Waals surface area (Å²) in [6, 6.07) is 7.24. The second-order valence-corrected chi connectivity index (χ2v) is 8.76. The van der Waals surface area contributed by atoms with Crippen molar-refractivity contribution >= 4 is 13.1 Å². The van der Waals surface area contributed by atoms with Gasteiger partial charge in [0.15, 0.2) is 0 Å². The second-order valence-electron chi connectivity index (χ2n) is 8.76. The molecule has 1 atom stereocenters. The second kappa shape index (κ2) is 11.1. The van der Waals surface area contributed by atoms with Gasteiger partial charge in [-0.3, -0.25) is 4.79 Å². The van der Waals surface area contributed by atoms with Gasteiger partial charge < -0.3 is 28.6 Å². The zero-order valence-corrected chi connectivity index (χ0v) is 20.0. The Morgan fingerprint density at radius 2 is 1.78 bits per heavy atom. The van der Waals surface area contributed by atoms with Crippen molar-refractivity contribution < 1.29 is 33.4 Å². The first kappa shape index (κ1) is 26.1. The summed E-state index contributed by atoms with van der Waals surface area (Å²) in [6.45, 7) is 14.0. The Morgan fingerprint density at radius 1 is 1.19 bits per heavy atom. The molecule has 1 heterocycles. The molecule has 0 unspecified atom stereocenters. The van der Waals surface area contributed by atoms with Gasteiger partial charge in [-0.05, 0) is 56.4 Å². The summed E-state index contributed by atoms with van der Waals surface area (Å²) in [6.07, 6.45) is 1.83. The lowest BCUT2D eigenvalue weighted by Gasteiger charge is -2.32. The Labute approximate surface area is 191 Å². The van der Waals surface area contributed by atoms with Crippen LogP contribution in [0.1, 0.15) is 52.7 Å². The molecule has 1 saturated heterocycles. The molecule has 32 heavy (non-hydrogen) atoms. The highest BCUT2D eigenvalue weighted by molar-refractivity contribution is 6.56. The predicted molar refractivity (Wildman–Crippen MR) is 123 cm³/mol. The molecule has 1 aromatic rings. The van der Waals surface area contributed by atoms with E-state index < -0.39 is 24.4 Å². The Morgan fingerprint density at radius 3 is 2.28 bits per heavy atom. The molecule has 176 valence electrons. The first-order valence-corrected chi connectivity index (χ1v) is 10.7. The van der Waals surface area contributed by atoms with Crippen LogP contribution in [0.4, 0.5) is 0 Å². The quantitative estimate of drug-likeness (QED) is 0.314. The third-order valence-corrected chi connectivity index (χ3v) is 5.71. The van der Waals surface area contributed by atoms with Crippen molar-refractivity contribution in [3.63, 3.8) is 0 Å². The monoisotopic (exact) mass is 446 g/mol. The van der Waals surface area contributed by atoms with Gasteiger partial charge in [0.1, 0.15) is 18.5 Å². The smallest absolute Gasteiger partial charge is 0.491 e. The van der Waals surface area contributed by atoms with Gasteiger partial charge in [0, 0.05) is 20.5 Å². The molecule has 2 rings (SSSR count). The fraction of sp³-hybridized carbons (Fsp3) is 0.542. The molecule has 1 aliphatic heterocycles. The highest BCUT2D eigenvalue weighted by Gasteiger charge is 2.52. The van der Waals surface area contributed by atoms with Gasteiger partial charge in [0.25, 0.3) is 0 Å². The van der Waals surface area contributed by atoms with Crippen LogP contribution in [0.15, 0.2) is 48.0 Å². The van der Waals surface area contributed by atoms with Crippen molar-refractivity contribution in [1.29, 1.82) is 0 Å². The third-order valence-electron chi connectivity index (χ3n) is 5.71. The van der Waals surface area contributed by atoms with Gasteiger partial charge in [-0.2, -0.15) is 0 Å². The molecule has 1 fully saturated rings. The Balaban J connectivity index is 2.28. The van der Waals surface area contributed by atoms with Crippen molar-refractivity contribution in [3.05, 3.63) is 53.5 Å². The number of benzene rings is 1. The summed E-state index contributed by atoms with van der Waals surface area (Å²) in [5.74, 6) is 0.253. The topological polar surface area (TPSA) is 83.5 Å². The maximum Gasteiger partial charge on any atom is 0.494 e. The van der Waals surface area contributed by atoms with Crippen LogP contribution in [0.5, 0.6) is 5.75 Å². The number of rotatable bonds is 11. The lowest BCUT2D eigenvalue weighted by atomic mass is 9.73. The van der Waals surface area contributed by atoms with Crippen LogP contribution in [0.3, 0.4) is 0 Å². The number of esters is 1. The molecule has 0 aromatic heterocycles. The van der Waals surface area contributed by atoms with E-state index in [1.165, 1.54) is 6.92 Å². The summed E-state index contributed by atoms with van der Waals surface area (Å²) in [5, 5.41) is 8.90. The zero-order valence-electron chi connectivity index (χ0n) is 20.0. The van der Waals surface area contributed by atoms with Crippen LogP contribution in [-0.2, 0) is 23.6 Å². The van der Waals surface area contributed by atoms with Crippen molar-refractivity contribution in [2.75, 3.05) is 26.9 Å². The van der Waals surface area contributed by atoms with Crippen LogP contribution in [0.25, 0.3) is 0 Å². The Kier molecular flexibility index (Phi) is 9.10. The molecule has 7 nitrogen and oxygen atoms in total. The van der Waals surface area contributed by atoms with Crippen LogP contribution in [-0.4, -0.2) is 56.3 Å². The number of aliphatic hydroxyl groups is 1. The average Bonchev–Trinajstić information content (AvgIpc) is 2.92. The molecule has 8 heteroatoms. The number of ether oxygens (including phenoxy) is 3. The number of hydrogen-bond donors (Lipinski definition) is 1. The van der Waals surface area contributed by atoms with Gasteiger partial charge in [-0.1, -0.05) is 24.8 Å². The number of aliphatic hydroxyl groups excluding tert-OH is 1. The Hall–Kier alpha value is -2.13. The third kappa shape index (κ3) is 6.69. The van der Waals surface area contributed by atoms with Crippen LogP contribution in [0, 0.1) is 0 Å². The summed E-state index contributed by atoms with van der Waals surface area (Å²) >= 11 is 0. The summed E-state index contributed by atoms with van der Waals surface area (Å²) in [7, 11) is 1.00. The lowest BCUT2D eigenvalue weighted by Crippen LogP contribution is -2.41. The number of methoxy groups -OCH3 is 1. The van der Waals surface area contributed by atoms with Gasteiger partial charge in [-0.25, -0.2) is 0 Å². The maximum absolute atomic E-state index is 11.8. The summed E-state index contributed by atoms with van der Waals surface area (Å²) in [5.41, 5.74) is 1.33. The fourth-order valence-corrected chi connectivity index (χ4v) is 3.26. The summed E-state index contributed by atoms with van der Waals surface area (Å²) in [4.78, 5) is 11.8. The predicted octanol–water partition coefficient (Wildman–Crippen LogP) is 3.81. The van der Waals surface area contributed by atoms with Crippen LogP contribution < -0.4 is 4.74 Å². The molecule has 1 aliphatic rings. The Bertz CT molecular complexity index is 798. The summed E-state index contributed by atoms with van der Waals surface area (Å²) < 4.78 is 28.7. The minimum atomic E-state index is -0.602. The first-order valence-electron chi connectivity index (χ1n) is 10.7. The van der Waals surface area contributed by atoms with Crippen molar-refractivity contribution in [1.82, 2.24) is 0 Å². The van der Waals surface area contributed by atoms with Gasteiger partial charge in [0.2, 0.25) is 0 Å². The van der Waals surface area contributed by atoms with Gasteiger partial charge >= 0.3 is 13.1 Å². The van der Waals surface area contributed by atoms with Gasteiger partial charge in [0.05, 0.1) is 24.4 Å². The highest BCUT2D eigenvalue weighted by atomic mass is 16.7. The first-order chi connectivity index (χ1) is 15.0. The minimum Gasteiger partial charge on any atom is -0.491 e. The van der Waals surface area contributed by atoms with E-state index in [0.29, 0.717) is 18.8 Å². The fourth-order valence-electron chi connectivity index (χ4n) is 3.26.